The largest absolute Gasteiger partial charge is 0.334 e. The number of rotatable bonds is 6. The van der Waals surface area contributed by atoms with Crippen molar-refractivity contribution >= 4 is 28.4 Å². The van der Waals surface area contributed by atoms with Crippen LogP contribution in [0.15, 0.2) is 133 Å². The van der Waals surface area contributed by atoms with Gasteiger partial charge in [0.15, 0.2) is 0 Å². The molecule has 4 aromatic carbocycles. The van der Waals surface area contributed by atoms with Gasteiger partial charge >= 0.3 is 0 Å². The van der Waals surface area contributed by atoms with Crippen LogP contribution in [-0.2, 0) is 0 Å². The maximum atomic E-state index is 2.45. The van der Waals surface area contributed by atoms with E-state index >= 15 is 0 Å². The molecule has 0 fully saturated rings. The molecular weight excluding hydrogens is 424 g/mol. The Labute approximate surface area is 209 Å². The summed E-state index contributed by atoms with van der Waals surface area (Å²) in [5.74, 6) is 0.410. The molecule has 1 aliphatic carbocycles. The number of anilines is 5. The summed E-state index contributed by atoms with van der Waals surface area (Å²) in [5.41, 5.74) is 8.41. The molecule has 0 bridgehead atoms. The van der Waals surface area contributed by atoms with Crippen LogP contribution in [0.25, 0.3) is 0 Å². The molecule has 0 saturated carbocycles. The van der Waals surface area contributed by atoms with Crippen LogP contribution >= 0.6 is 0 Å². The van der Waals surface area contributed by atoms with Crippen molar-refractivity contribution in [3.63, 3.8) is 0 Å². The van der Waals surface area contributed by atoms with Crippen LogP contribution in [-0.4, -0.2) is 6.04 Å². The summed E-state index contributed by atoms with van der Waals surface area (Å²) in [4.78, 5) is 4.76. The van der Waals surface area contributed by atoms with Gasteiger partial charge in [-0.2, -0.15) is 0 Å². The highest BCUT2D eigenvalue weighted by molar-refractivity contribution is 5.78. The lowest BCUT2D eigenvalue weighted by Gasteiger charge is -2.37. The lowest BCUT2D eigenvalue weighted by molar-refractivity contribution is 0.605. The number of hydrogen-bond donors (Lipinski definition) is 0. The number of aryl methyl sites for hydroxylation is 1. The third kappa shape index (κ3) is 4.93. The van der Waals surface area contributed by atoms with Crippen molar-refractivity contribution in [3.8, 4) is 0 Å². The molecule has 2 heteroatoms. The maximum absolute atomic E-state index is 2.45. The minimum atomic E-state index is 0.259. The number of para-hydroxylation sites is 2. The highest BCUT2D eigenvalue weighted by Gasteiger charge is 2.25. The van der Waals surface area contributed by atoms with Crippen LogP contribution in [0.3, 0.4) is 0 Å². The summed E-state index contributed by atoms with van der Waals surface area (Å²) in [5, 5.41) is 0. The van der Waals surface area contributed by atoms with Gasteiger partial charge in [0.2, 0.25) is 0 Å². The highest BCUT2D eigenvalue weighted by Crippen LogP contribution is 2.38. The van der Waals surface area contributed by atoms with Gasteiger partial charge in [-0.15, -0.1) is 0 Å². The van der Waals surface area contributed by atoms with E-state index in [2.05, 4.69) is 158 Å². The van der Waals surface area contributed by atoms with E-state index in [1.54, 1.807) is 0 Å². The van der Waals surface area contributed by atoms with Crippen LogP contribution in [0.5, 0.6) is 0 Å². The molecular formula is C33H32N2. The fraction of sp³-hybridized carbons (Fsp3) is 0.152. The second-order valence-corrected chi connectivity index (χ2v) is 9.35. The fourth-order valence-corrected chi connectivity index (χ4v) is 4.88. The summed E-state index contributed by atoms with van der Waals surface area (Å²) in [6, 6.07) is 39.2. The Balaban J connectivity index is 1.55. The number of nitrogens with zero attached hydrogens (tertiary/aromatic N) is 2. The predicted molar refractivity (Wildman–Crippen MR) is 150 cm³/mol. The summed E-state index contributed by atoms with van der Waals surface area (Å²) >= 11 is 0. The monoisotopic (exact) mass is 456 g/mol. The lowest BCUT2D eigenvalue weighted by atomic mass is 9.91. The molecule has 5 rings (SSSR count). The quantitative estimate of drug-likeness (QED) is 0.285. The molecule has 2 unspecified atom stereocenters. The Morgan fingerprint density at radius 3 is 1.57 bits per heavy atom. The Bertz CT molecular complexity index is 1300. The van der Waals surface area contributed by atoms with Gasteiger partial charge < -0.3 is 9.80 Å². The maximum Gasteiger partial charge on any atom is 0.0585 e. The first-order chi connectivity index (χ1) is 17.1. The first-order valence-electron chi connectivity index (χ1n) is 12.3. The zero-order valence-electron chi connectivity index (χ0n) is 20.7. The fourth-order valence-electron chi connectivity index (χ4n) is 4.88. The Morgan fingerprint density at radius 1 is 0.543 bits per heavy atom. The standard InChI is InChI=1S/C33H32N2/c1-25-14-17-30(18-15-25)34(28-10-6-4-7-11-28)31-19-21-32(22-20-31)35(29-12-8-5-9-13-29)33-23-16-26(2)24-27(33)3/h4-24,27,33H,1-3H3. The van der Waals surface area contributed by atoms with Crippen molar-refractivity contribution in [1.29, 1.82) is 0 Å². The molecule has 0 aromatic heterocycles. The molecule has 1 aliphatic rings. The summed E-state index contributed by atoms with van der Waals surface area (Å²) in [7, 11) is 0. The van der Waals surface area contributed by atoms with Crippen LogP contribution in [0.1, 0.15) is 19.4 Å². The topological polar surface area (TPSA) is 6.48 Å². The van der Waals surface area contributed by atoms with Gasteiger partial charge in [-0.3, -0.25) is 0 Å². The minimum absolute atomic E-state index is 0.259. The van der Waals surface area contributed by atoms with Crippen LogP contribution < -0.4 is 9.80 Å². The SMILES string of the molecule is CC1=CC(C)C(N(c2ccccc2)c2ccc(N(c3ccccc3)c3ccc(C)cc3)cc2)C=C1. The van der Waals surface area contributed by atoms with Gasteiger partial charge in [0.1, 0.15) is 0 Å². The number of hydrogen-bond acceptors (Lipinski definition) is 2. The molecule has 35 heavy (non-hydrogen) atoms. The number of allylic oxidation sites excluding steroid dienone is 2. The molecule has 0 spiro atoms. The molecule has 0 N–H and O–H groups in total. The molecule has 2 nitrogen and oxygen atoms in total. The zero-order chi connectivity index (χ0) is 24.2. The Kier molecular flexibility index (Phi) is 6.54. The van der Waals surface area contributed by atoms with E-state index in [0.29, 0.717) is 5.92 Å². The zero-order valence-corrected chi connectivity index (χ0v) is 20.7. The first kappa shape index (κ1) is 22.7. The van der Waals surface area contributed by atoms with Gasteiger partial charge in [0.05, 0.1) is 6.04 Å². The smallest absolute Gasteiger partial charge is 0.0585 e. The second-order valence-electron chi connectivity index (χ2n) is 9.35. The summed E-state index contributed by atoms with van der Waals surface area (Å²) < 4.78 is 0. The van der Waals surface area contributed by atoms with E-state index in [1.807, 2.05) is 0 Å². The molecule has 0 radical (unpaired) electrons. The van der Waals surface area contributed by atoms with Crippen LogP contribution in [0.4, 0.5) is 28.4 Å². The molecule has 0 amide bonds. The molecule has 0 aliphatic heterocycles. The van der Waals surface area contributed by atoms with Crippen LogP contribution in [0, 0.1) is 12.8 Å². The lowest BCUT2D eigenvalue weighted by Crippen LogP contribution is -2.35. The molecule has 0 heterocycles. The normalized spacial score (nSPS) is 17.1. The van der Waals surface area contributed by atoms with E-state index in [1.165, 1.54) is 22.5 Å². The summed E-state index contributed by atoms with van der Waals surface area (Å²) in [6.07, 6.45) is 6.94. The third-order valence-electron chi connectivity index (χ3n) is 6.65. The Morgan fingerprint density at radius 2 is 1.00 bits per heavy atom. The van der Waals surface area contributed by atoms with Gasteiger partial charge in [-0.1, -0.05) is 84.8 Å². The third-order valence-corrected chi connectivity index (χ3v) is 6.65. The average molecular weight is 457 g/mol. The van der Waals surface area contributed by atoms with E-state index < -0.39 is 0 Å². The van der Waals surface area contributed by atoms with Crippen molar-refractivity contribution < 1.29 is 0 Å². The molecule has 2 atom stereocenters. The molecule has 0 saturated heterocycles. The average Bonchev–Trinajstić information content (AvgIpc) is 2.89. The molecule has 4 aromatic rings. The van der Waals surface area contributed by atoms with Gasteiger partial charge in [-0.25, -0.2) is 0 Å². The van der Waals surface area contributed by atoms with E-state index in [9.17, 15) is 0 Å². The van der Waals surface area contributed by atoms with E-state index in [-0.39, 0.29) is 6.04 Å². The van der Waals surface area contributed by atoms with Crippen molar-refractivity contribution in [3.05, 3.63) is 139 Å². The van der Waals surface area contributed by atoms with Gasteiger partial charge in [0, 0.05) is 28.4 Å². The van der Waals surface area contributed by atoms with Crippen LogP contribution in [0.2, 0.25) is 0 Å². The first-order valence-corrected chi connectivity index (χ1v) is 12.3. The van der Waals surface area contributed by atoms with Crippen molar-refractivity contribution in [2.45, 2.75) is 26.8 Å². The Hall–Kier alpha value is -4.04. The number of benzene rings is 4. The van der Waals surface area contributed by atoms with E-state index in [0.717, 1.165) is 17.1 Å². The van der Waals surface area contributed by atoms with Gasteiger partial charge in [-0.05, 0) is 80.4 Å². The van der Waals surface area contributed by atoms with E-state index in [4.69, 9.17) is 0 Å². The van der Waals surface area contributed by atoms with Gasteiger partial charge in [0.25, 0.3) is 0 Å². The van der Waals surface area contributed by atoms with Crippen molar-refractivity contribution in [2.24, 2.45) is 5.92 Å². The van der Waals surface area contributed by atoms with Crippen molar-refractivity contribution in [2.75, 3.05) is 9.80 Å². The highest BCUT2D eigenvalue weighted by atomic mass is 15.2. The molecule has 174 valence electrons. The predicted octanol–water partition coefficient (Wildman–Crippen LogP) is 9.12. The summed E-state index contributed by atoms with van der Waals surface area (Å²) in [6.45, 7) is 6.60. The second kappa shape index (κ2) is 10.1. The van der Waals surface area contributed by atoms with Crippen molar-refractivity contribution in [1.82, 2.24) is 0 Å². The minimum Gasteiger partial charge on any atom is -0.334 e.